The Morgan fingerprint density at radius 2 is 2.35 bits per heavy atom. The zero-order chi connectivity index (χ0) is 12.9. The number of hydrogen-bond acceptors (Lipinski definition) is 5. The summed E-state index contributed by atoms with van der Waals surface area (Å²) in [6, 6.07) is 0. The highest BCUT2D eigenvalue weighted by Crippen LogP contribution is 2.04. The number of sulfonamides is 1. The number of nitrogens with zero attached hydrogens (tertiary/aromatic N) is 2. The van der Waals surface area contributed by atoms with Crippen molar-refractivity contribution in [3.05, 3.63) is 12.5 Å². The summed E-state index contributed by atoms with van der Waals surface area (Å²) in [5.41, 5.74) is 0. The quantitative estimate of drug-likeness (QED) is 0.671. The minimum absolute atomic E-state index is 0.0519. The zero-order valence-corrected chi connectivity index (χ0v) is 10.6. The fraction of sp³-hybridized carbons (Fsp3) is 0.667. The van der Waals surface area contributed by atoms with Crippen LogP contribution in [-0.4, -0.2) is 49.4 Å². The molecule has 0 saturated heterocycles. The van der Waals surface area contributed by atoms with Crippen molar-refractivity contribution < 1.29 is 18.3 Å². The Morgan fingerprint density at radius 1 is 1.65 bits per heavy atom. The second-order valence-electron chi connectivity index (χ2n) is 3.50. The van der Waals surface area contributed by atoms with E-state index in [1.807, 2.05) is 6.92 Å². The van der Waals surface area contributed by atoms with Gasteiger partial charge in [0.15, 0.2) is 5.03 Å². The van der Waals surface area contributed by atoms with Crippen molar-refractivity contribution in [2.75, 3.05) is 20.3 Å². The molecule has 0 spiro atoms. The lowest BCUT2D eigenvalue weighted by Crippen LogP contribution is -2.34. The van der Waals surface area contributed by atoms with Crippen LogP contribution >= 0.6 is 0 Å². The number of methoxy groups -OCH3 is 1. The van der Waals surface area contributed by atoms with Gasteiger partial charge in [0.25, 0.3) is 10.0 Å². The van der Waals surface area contributed by atoms with Crippen molar-refractivity contribution in [2.24, 2.45) is 0 Å². The summed E-state index contributed by atoms with van der Waals surface area (Å²) in [4.78, 5) is 3.78. The van der Waals surface area contributed by atoms with Crippen LogP contribution in [0.3, 0.4) is 0 Å². The lowest BCUT2D eigenvalue weighted by molar-refractivity contribution is 0.0679. The van der Waals surface area contributed by atoms with Crippen LogP contribution in [0.15, 0.2) is 17.6 Å². The van der Waals surface area contributed by atoms with E-state index in [0.29, 0.717) is 6.54 Å². The van der Waals surface area contributed by atoms with Gasteiger partial charge in [0.2, 0.25) is 0 Å². The molecule has 1 aromatic heterocycles. The average Bonchev–Trinajstić information content (AvgIpc) is 2.76. The summed E-state index contributed by atoms with van der Waals surface area (Å²) in [6.45, 7) is 2.50. The number of aryl methyl sites for hydroxylation is 1. The number of aromatic nitrogens is 2. The summed E-state index contributed by atoms with van der Waals surface area (Å²) >= 11 is 0. The van der Waals surface area contributed by atoms with Crippen molar-refractivity contribution in [1.82, 2.24) is 14.3 Å². The van der Waals surface area contributed by atoms with Gasteiger partial charge in [-0.2, -0.15) is 0 Å². The molecular weight excluding hydrogens is 246 g/mol. The Hall–Kier alpha value is -0.960. The Bertz CT molecular complexity index is 443. The molecule has 0 fully saturated rings. The molecule has 7 nitrogen and oxygen atoms in total. The topological polar surface area (TPSA) is 93.5 Å². The van der Waals surface area contributed by atoms with Crippen LogP contribution in [0.5, 0.6) is 0 Å². The molecule has 1 unspecified atom stereocenters. The number of hydrogen-bond donors (Lipinski definition) is 2. The molecule has 0 saturated carbocycles. The minimum Gasteiger partial charge on any atom is -0.389 e. The van der Waals surface area contributed by atoms with E-state index in [9.17, 15) is 13.5 Å². The van der Waals surface area contributed by atoms with E-state index < -0.39 is 16.1 Å². The second kappa shape index (κ2) is 6.10. The standard InChI is InChI=1S/C9H17N3O4S/c1-3-12-5-9(10-7-12)17(14,15)11-4-8(13)6-16-2/h5,7-8,11,13H,3-4,6H2,1-2H3. The van der Waals surface area contributed by atoms with Crippen LogP contribution in [0.1, 0.15) is 6.92 Å². The largest absolute Gasteiger partial charge is 0.389 e. The number of aliphatic hydroxyl groups excluding tert-OH is 1. The lowest BCUT2D eigenvalue weighted by Gasteiger charge is -2.09. The Labute approximate surface area is 100 Å². The summed E-state index contributed by atoms with van der Waals surface area (Å²) < 4.78 is 32.1. The van der Waals surface area contributed by atoms with Crippen molar-refractivity contribution in [3.8, 4) is 0 Å². The predicted molar refractivity (Wildman–Crippen MR) is 61.0 cm³/mol. The van der Waals surface area contributed by atoms with E-state index in [1.165, 1.54) is 19.6 Å². The first-order valence-corrected chi connectivity index (χ1v) is 6.66. The third kappa shape index (κ3) is 4.08. The first-order chi connectivity index (χ1) is 7.99. The molecule has 0 radical (unpaired) electrons. The monoisotopic (exact) mass is 263 g/mol. The van der Waals surface area contributed by atoms with E-state index in [2.05, 4.69) is 9.71 Å². The van der Waals surface area contributed by atoms with Gasteiger partial charge in [0.1, 0.15) is 0 Å². The number of imidazole rings is 1. The molecule has 8 heteroatoms. The number of rotatable bonds is 7. The first-order valence-electron chi connectivity index (χ1n) is 5.18. The highest BCUT2D eigenvalue weighted by molar-refractivity contribution is 7.89. The maximum atomic E-state index is 11.7. The molecule has 17 heavy (non-hydrogen) atoms. The molecular formula is C9H17N3O4S. The Morgan fingerprint density at radius 3 is 2.88 bits per heavy atom. The highest BCUT2D eigenvalue weighted by Gasteiger charge is 2.18. The molecule has 0 aliphatic carbocycles. The molecule has 2 N–H and O–H groups in total. The molecule has 0 bridgehead atoms. The average molecular weight is 263 g/mol. The summed E-state index contributed by atoms with van der Waals surface area (Å²) in [6.07, 6.45) is 2.01. The number of aliphatic hydroxyl groups is 1. The van der Waals surface area contributed by atoms with E-state index in [1.54, 1.807) is 4.57 Å². The molecule has 1 aromatic rings. The lowest BCUT2D eigenvalue weighted by atomic mass is 10.4. The second-order valence-corrected chi connectivity index (χ2v) is 5.22. The van der Waals surface area contributed by atoms with Crippen molar-refractivity contribution in [1.29, 1.82) is 0 Å². The van der Waals surface area contributed by atoms with Crippen molar-refractivity contribution >= 4 is 10.0 Å². The first kappa shape index (κ1) is 14.1. The fourth-order valence-electron chi connectivity index (χ4n) is 1.18. The van der Waals surface area contributed by atoms with E-state index in [4.69, 9.17) is 4.74 Å². The van der Waals surface area contributed by atoms with Gasteiger partial charge < -0.3 is 14.4 Å². The fourth-order valence-corrected chi connectivity index (χ4v) is 2.20. The molecule has 1 atom stereocenters. The van der Waals surface area contributed by atoms with Crippen LogP contribution in [0, 0.1) is 0 Å². The zero-order valence-electron chi connectivity index (χ0n) is 9.83. The summed E-state index contributed by atoms with van der Waals surface area (Å²) in [5, 5.41) is 9.28. The Balaban J connectivity index is 2.62. The van der Waals surface area contributed by atoms with Gasteiger partial charge in [0.05, 0.1) is 19.0 Å². The Kier molecular flexibility index (Phi) is 5.06. The maximum Gasteiger partial charge on any atom is 0.259 e. The van der Waals surface area contributed by atoms with Gasteiger partial charge >= 0.3 is 0 Å². The van der Waals surface area contributed by atoms with Gasteiger partial charge in [-0.25, -0.2) is 18.1 Å². The predicted octanol–water partition coefficient (Wildman–Crippen LogP) is -0.811. The molecule has 98 valence electrons. The van der Waals surface area contributed by atoms with Crippen LogP contribution in [0.4, 0.5) is 0 Å². The van der Waals surface area contributed by atoms with E-state index in [0.717, 1.165) is 0 Å². The van der Waals surface area contributed by atoms with Crippen molar-refractivity contribution in [2.45, 2.75) is 24.6 Å². The SMILES string of the molecule is CCn1cnc(S(=O)(=O)NCC(O)COC)c1. The van der Waals surface area contributed by atoms with Gasteiger partial charge in [-0.15, -0.1) is 0 Å². The van der Waals surface area contributed by atoms with Crippen molar-refractivity contribution in [3.63, 3.8) is 0 Å². The van der Waals surface area contributed by atoms with Gasteiger partial charge in [-0.05, 0) is 6.92 Å². The third-order valence-corrected chi connectivity index (χ3v) is 3.43. The molecule has 0 aliphatic heterocycles. The van der Waals surface area contributed by atoms with Crippen LogP contribution in [0.25, 0.3) is 0 Å². The van der Waals surface area contributed by atoms with Gasteiger partial charge in [0, 0.05) is 26.4 Å². The maximum absolute atomic E-state index is 11.7. The van der Waals surface area contributed by atoms with Crippen LogP contribution < -0.4 is 4.72 Å². The molecule has 1 rings (SSSR count). The van der Waals surface area contributed by atoms with E-state index in [-0.39, 0.29) is 18.2 Å². The summed E-state index contributed by atoms with van der Waals surface area (Å²) in [7, 11) is -2.23. The third-order valence-electron chi connectivity index (χ3n) is 2.12. The number of nitrogens with one attached hydrogen (secondary N) is 1. The van der Waals surface area contributed by atoms with Crippen LogP contribution in [0.2, 0.25) is 0 Å². The normalized spacial score (nSPS) is 13.8. The van der Waals surface area contributed by atoms with Crippen LogP contribution in [-0.2, 0) is 21.3 Å². The molecule has 0 aliphatic rings. The minimum atomic E-state index is -3.66. The molecule has 0 amide bonds. The van der Waals surface area contributed by atoms with Gasteiger partial charge in [-0.3, -0.25) is 0 Å². The smallest absolute Gasteiger partial charge is 0.259 e. The molecule has 0 aromatic carbocycles. The van der Waals surface area contributed by atoms with Gasteiger partial charge in [-0.1, -0.05) is 0 Å². The van der Waals surface area contributed by atoms with E-state index >= 15 is 0 Å². The number of ether oxygens (including phenoxy) is 1. The summed E-state index contributed by atoms with van der Waals surface area (Å²) in [5.74, 6) is 0. The highest BCUT2D eigenvalue weighted by atomic mass is 32.2. The molecule has 1 heterocycles.